The SMILES string of the molecule is COC(=O)[C@H]1CC[C@H](c2ccc(-c3nc(C(N)=O)cnc3C)cc2)CC1. The molecule has 0 atom stereocenters. The first-order valence-corrected chi connectivity index (χ1v) is 8.81. The molecular formula is C20H23N3O3. The molecule has 26 heavy (non-hydrogen) atoms. The fourth-order valence-electron chi connectivity index (χ4n) is 3.58. The van der Waals surface area contributed by atoms with Crippen molar-refractivity contribution in [3.8, 4) is 11.3 Å². The number of rotatable bonds is 4. The molecule has 6 heteroatoms. The van der Waals surface area contributed by atoms with Crippen LogP contribution in [-0.4, -0.2) is 29.0 Å². The summed E-state index contributed by atoms with van der Waals surface area (Å²) in [6.07, 6.45) is 5.09. The van der Waals surface area contributed by atoms with Crippen molar-refractivity contribution in [3.63, 3.8) is 0 Å². The van der Waals surface area contributed by atoms with Gasteiger partial charge in [-0.15, -0.1) is 0 Å². The van der Waals surface area contributed by atoms with Crippen LogP contribution in [0.15, 0.2) is 30.5 Å². The Morgan fingerprint density at radius 1 is 1.12 bits per heavy atom. The van der Waals surface area contributed by atoms with Crippen molar-refractivity contribution >= 4 is 11.9 Å². The van der Waals surface area contributed by atoms with Gasteiger partial charge in [-0.1, -0.05) is 24.3 Å². The summed E-state index contributed by atoms with van der Waals surface area (Å²) in [5.74, 6) is -0.195. The second-order valence-electron chi connectivity index (χ2n) is 6.75. The highest BCUT2D eigenvalue weighted by molar-refractivity contribution is 5.91. The van der Waals surface area contributed by atoms with E-state index >= 15 is 0 Å². The zero-order valence-corrected chi connectivity index (χ0v) is 15.1. The fourth-order valence-corrected chi connectivity index (χ4v) is 3.58. The number of aromatic nitrogens is 2. The van der Waals surface area contributed by atoms with Gasteiger partial charge in [0.05, 0.1) is 30.6 Å². The summed E-state index contributed by atoms with van der Waals surface area (Å²) in [5, 5.41) is 0. The van der Waals surface area contributed by atoms with Gasteiger partial charge in [0.1, 0.15) is 5.69 Å². The van der Waals surface area contributed by atoms with Gasteiger partial charge < -0.3 is 10.5 Å². The Labute approximate surface area is 152 Å². The van der Waals surface area contributed by atoms with Crippen LogP contribution in [0.3, 0.4) is 0 Å². The van der Waals surface area contributed by atoms with Crippen LogP contribution in [0, 0.1) is 12.8 Å². The lowest BCUT2D eigenvalue weighted by atomic mass is 9.78. The lowest BCUT2D eigenvalue weighted by molar-refractivity contribution is -0.146. The molecule has 6 nitrogen and oxygen atoms in total. The summed E-state index contributed by atoms with van der Waals surface area (Å²) >= 11 is 0. The van der Waals surface area contributed by atoms with E-state index in [1.165, 1.54) is 18.9 Å². The maximum Gasteiger partial charge on any atom is 0.308 e. The van der Waals surface area contributed by atoms with Crippen LogP contribution in [0.2, 0.25) is 0 Å². The van der Waals surface area contributed by atoms with E-state index in [0.29, 0.717) is 11.6 Å². The van der Waals surface area contributed by atoms with Crippen molar-refractivity contribution < 1.29 is 14.3 Å². The van der Waals surface area contributed by atoms with Crippen LogP contribution in [-0.2, 0) is 9.53 Å². The minimum absolute atomic E-state index is 0.0324. The molecule has 0 radical (unpaired) electrons. The summed E-state index contributed by atoms with van der Waals surface area (Å²) in [5.41, 5.74) is 9.05. The number of hydrogen-bond donors (Lipinski definition) is 1. The summed E-state index contributed by atoms with van der Waals surface area (Å²) in [7, 11) is 1.45. The molecule has 0 unspecified atom stereocenters. The van der Waals surface area contributed by atoms with E-state index in [-0.39, 0.29) is 17.6 Å². The van der Waals surface area contributed by atoms with Gasteiger partial charge in [0.15, 0.2) is 0 Å². The number of amides is 1. The maximum absolute atomic E-state index is 11.7. The molecular weight excluding hydrogens is 330 g/mol. The minimum Gasteiger partial charge on any atom is -0.469 e. The van der Waals surface area contributed by atoms with Gasteiger partial charge in [0.2, 0.25) is 0 Å². The molecule has 1 aromatic heterocycles. The third-order valence-corrected chi connectivity index (χ3v) is 5.13. The standard InChI is InChI=1S/C20H23N3O3/c1-12-18(23-17(11-22-12)19(21)24)15-7-3-13(4-8-15)14-5-9-16(10-6-14)20(25)26-2/h3-4,7-8,11,14,16H,5-6,9-10H2,1-2H3,(H2,21,24)/t14-,16-. The monoisotopic (exact) mass is 353 g/mol. The Morgan fingerprint density at radius 2 is 1.77 bits per heavy atom. The van der Waals surface area contributed by atoms with Crippen LogP contribution in [0.4, 0.5) is 0 Å². The Bertz CT molecular complexity index is 810. The molecule has 0 saturated heterocycles. The van der Waals surface area contributed by atoms with Crippen LogP contribution in [0.1, 0.15) is 53.3 Å². The topological polar surface area (TPSA) is 95.2 Å². The maximum atomic E-state index is 11.7. The molecule has 0 aliphatic heterocycles. The number of benzene rings is 1. The van der Waals surface area contributed by atoms with Crippen LogP contribution in [0.25, 0.3) is 11.3 Å². The lowest BCUT2D eigenvalue weighted by Crippen LogP contribution is -2.22. The average molecular weight is 353 g/mol. The summed E-state index contributed by atoms with van der Waals surface area (Å²) in [6, 6.07) is 8.19. The third kappa shape index (κ3) is 3.74. The normalized spacial score (nSPS) is 19.8. The first-order valence-electron chi connectivity index (χ1n) is 8.81. The largest absolute Gasteiger partial charge is 0.469 e. The number of nitrogens with two attached hydrogens (primary N) is 1. The zero-order valence-electron chi connectivity index (χ0n) is 15.1. The van der Waals surface area contributed by atoms with E-state index in [1.54, 1.807) is 0 Å². The van der Waals surface area contributed by atoms with Crippen molar-refractivity contribution in [1.29, 1.82) is 0 Å². The van der Waals surface area contributed by atoms with E-state index in [1.807, 2.05) is 19.1 Å². The molecule has 2 N–H and O–H groups in total. The van der Waals surface area contributed by atoms with Gasteiger partial charge in [-0.2, -0.15) is 0 Å². The van der Waals surface area contributed by atoms with Crippen molar-refractivity contribution in [3.05, 3.63) is 47.4 Å². The van der Waals surface area contributed by atoms with Crippen molar-refractivity contribution in [2.45, 2.75) is 38.5 Å². The second-order valence-corrected chi connectivity index (χ2v) is 6.75. The van der Waals surface area contributed by atoms with Gasteiger partial charge in [0.25, 0.3) is 5.91 Å². The van der Waals surface area contributed by atoms with Gasteiger partial charge in [-0.25, -0.2) is 4.98 Å². The van der Waals surface area contributed by atoms with Gasteiger partial charge in [-0.3, -0.25) is 14.6 Å². The smallest absolute Gasteiger partial charge is 0.308 e. The Balaban J connectivity index is 1.75. The summed E-state index contributed by atoms with van der Waals surface area (Å²) in [4.78, 5) is 31.5. The van der Waals surface area contributed by atoms with E-state index in [0.717, 1.165) is 36.9 Å². The van der Waals surface area contributed by atoms with Gasteiger partial charge >= 0.3 is 5.97 Å². The van der Waals surface area contributed by atoms with Gasteiger partial charge in [-0.05, 0) is 44.1 Å². The molecule has 1 saturated carbocycles. The van der Waals surface area contributed by atoms with Crippen LogP contribution in [0.5, 0.6) is 0 Å². The molecule has 1 aliphatic rings. The zero-order chi connectivity index (χ0) is 18.7. The second kappa shape index (κ2) is 7.64. The molecule has 1 heterocycles. The third-order valence-electron chi connectivity index (χ3n) is 5.13. The average Bonchev–Trinajstić information content (AvgIpc) is 2.68. The summed E-state index contributed by atoms with van der Waals surface area (Å²) in [6.45, 7) is 1.86. The van der Waals surface area contributed by atoms with Crippen LogP contribution >= 0.6 is 0 Å². The number of carbonyl (C=O) groups excluding carboxylic acids is 2. The quantitative estimate of drug-likeness (QED) is 0.853. The fraction of sp³-hybridized carbons (Fsp3) is 0.400. The highest BCUT2D eigenvalue weighted by Crippen LogP contribution is 2.36. The van der Waals surface area contributed by atoms with Crippen LogP contribution < -0.4 is 5.73 Å². The number of hydrogen-bond acceptors (Lipinski definition) is 5. The molecule has 136 valence electrons. The predicted molar refractivity (Wildman–Crippen MR) is 97.4 cm³/mol. The number of nitrogens with zero attached hydrogens (tertiary/aromatic N) is 2. The number of carbonyl (C=O) groups is 2. The van der Waals surface area contributed by atoms with E-state index in [9.17, 15) is 9.59 Å². The van der Waals surface area contributed by atoms with Crippen molar-refractivity contribution in [2.24, 2.45) is 11.7 Å². The molecule has 1 aliphatic carbocycles. The van der Waals surface area contributed by atoms with Crippen molar-refractivity contribution in [1.82, 2.24) is 9.97 Å². The van der Waals surface area contributed by atoms with E-state index in [4.69, 9.17) is 10.5 Å². The Kier molecular flexibility index (Phi) is 5.30. The van der Waals surface area contributed by atoms with E-state index < -0.39 is 5.91 Å². The van der Waals surface area contributed by atoms with Gasteiger partial charge in [0, 0.05) is 5.56 Å². The molecule has 2 aromatic rings. The molecule has 1 amide bonds. The number of aryl methyl sites for hydroxylation is 1. The molecule has 3 rings (SSSR count). The minimum atomic E-state index is -0.585. The first-order chi connectivity index (χ1) is 12.5. The molecule has 0 spiro atoms. The highest BCUT2D eigenvalue weighted by Gasteiger charge is 2.27. The number of primary amides is 1. The number of methoxy groups -OCH3 is 1. The predicted octanol–water partition coefficient (Wildman–Crippen LogP) is 3.00. The lowest BCUT2D eigenvalue weighted by Gasteiger charge is -2.27. The van der Waals surface area contributed by atoms with Crippen molar-refractivity contribution in [2.75, 3.05) is 7.11 Å². The Hall–Kier alpha value is -2.76. The number of ether oxygens (including phenoxy) is 1. The Morgan fingerprint density at radius 3 is 2.35 bits per heavy atom. The number of esters is 1. The summed E-state index contributed by atoms with van der Waals surface area (Å²) < 4.78 is 4.85. The van der Waals surface area contributed by atoms with E-state index in [2.05, 4.69) is 22.1 Å². The molecule has 1 aromatic carbocycles. The highest BCUT2D eigenvalue weighted by atomic mass is 16.5. The molecule has 1 fully saturated rings. The molecule has 0 bridgehead atoms. The first kappa shape index (κ1) is 18.0.